The third-order valence-electron chi connectivity index (χ3n) is 5.53. The molecule has 1 N–H and O–H groups in total. The van der Waals surface area contributed by atoms with E-state index in [9.17, 15) is 9.59 Å². The van der Waals surface area contributed by atoms with E-state index in [0.29, 0.717) is 19.0 Å². The molecule has 2 heterocycles. The third-order valence-corrected chi connectivity index (χ3v) is 6.73. The fourth-order valence-electron chi connectivity index (χ4n) is 3.82. The fourth-order valence-corrected chi connectivity index (χ4v) is 4.96. The average molecular weight is 404 g/mol. The summed E-state index contributed by atoms with van der Waals surface area (Å²) in [6.45, 7) is 7.70. The number of likely N-dealkylation sites (N-methyl/N-ethyl adjacent to an activating group) is 2. The first-order valence-electron chi connectivity index (χ1n) is 10.2. The maximum absolute atomic E-state index is 12.7. The van der Waals surface area contributed by atoms with E-state index in [4.69, 9.17) is 4.98 Å². The van der Waals surface area contributed by atoms with Crippen molar-refractivity contribution in [2.45, 2.75) is 32.6 Å². The lowest BCUT2D eigenvalue weighted by Gasteiger charge is -2.31. The van der Waals surface area contributed by atoms with Gasteiger partial charge in [-0.15, -0.1) is 11.3 Å². The Hall–Kier alpha value is -1.99. The summed E-state index contributed by atoms with van der Waals surface area (Å²) in [6.07, 6.45) is 1.92. The number of aromatic nitrogens is 1. The van der Waals surface area contributed by atoms with Crippen LogP contribution in [-0.2, 0) is 9.59 Å². The second kappa shape index (κ2) is 9.47. The lowest BCUT2D eigenvalue weighted by atomic mass is 9.97. The summed E-state index contributed by atoms with van der Waals surface area (Å²) in [5.74, 6) is 0.702. The normalized spacial score (nSPS) is 16.3. The largest absolute Gasteiger partial charge is 0.338 e. The molecule has 7 heteroatoms. The highest BCUT2D eigenvalue weighted by molar-refractivity contribution is 7.18. The zero-order chi connectivity index (χ0) is 20.1. The Bertz CT molecular complexity index is 777. The van der Waals surface area contributed by atoms with Crippen molar-refractivity contribution in [1.82, 2.24) is 14.8 Å². The van der Waals surface area contributed by atoms with Gasteiger partial charge in [-0.3, -0.25) is 9.59 Å². The van der Waals surface area contributed by atoms with Crippen molar-refractivity contribution in [3.63, 3.8) is 0 Å². The first-order valence-corrected chi connectivity index (χ1v) is 11.1. The molecule has 152 valence electrons. The minimum absolute atomic E-state index is 0.116. The van der Waals surface area contributed by atoms with Gasteiger partial charge in [0.2, 0.25) is 0 Å². The smallest absolute Gasteiger partial charge is 0.277 e. The topological polar surface area (TPSA) is 58.0 Å². The van der Waals surface area contributed by atoms with Crippen LogP contribution in [-0.4, -0.2) is 72.9 Å². The maximum atomic E-state index is 12.7. The van der Waals surface area contributed by atoms with E-state index in [1.807, 2.05) is 36.8 Å². The standard InChI is InChI=1S/C21H30N4O2S/c1-4-24(5-2)19(26)14-23(3)15-20(27)25-12-10-16(11-13-25)21-22-17-8-6-7-9-18(17)28-21/h6-9,16H,4-5,10-15H2,1-3H3/p+1. The van der Waals surface area contributed by atoms with Crippen molar-refractivity contribution < 1.29 is 14.5 Å². The van der Waals surface area contributed by atoms with Gasteiger partial charge in [0.05, 0.1) is 22.3 Å². The highest BCUT2D eigenvalue weighted by Gasteiger charge is 2.28. The van der Waals surface area contributed by atoms with Gasteiger partial charge in [-0.25, -0.2) is 4.98 Å². The number of nitrogens with one attached hydrogen (secondary N) is 1. The summed E-state index contributed by atoms with van der Waals surface area (Å²) in [7, 11) is 1.92. The number of quaternary nitrogens is 1. The van der Waals surface area contributed by atoms with E-state index >= 15 is 0 Å². The Morgan fingerprint density at radius 3 is 2.50 bits per heavy atom. The number of amides is 2. The number of hydrogen-bond acceptors (Lipinski definition) is 4. The SMILES string of the molecule is CCN(CC)C(=O)C[NH+](C)CC(=O)N1CCC(c2nc3ccccc3s2)CC1. The van der Waals surface area contributed by atoms with Crippen LogP contribution in [0, 0.1) is 0 Å². The van der Waals surface area contributed by atoms with E-state index < -0.39 is 0 Å². The van der Waals surface area contributed by atoms with Crippen LogP contribution in [0.4, 0.5) is 0 Å². The average Bonchev–Trinajstić information content (AvgIpc) is 3.13. The van der Waals surface area contributed by atoms with Gasteiger partial charge in [-0.05, 0) is 38.8 Å². The number of nitrogens with zero attached hydrogens (tertiary/aromatic N) is 3. The summed E-state index contributed by atoms with van der Waals surface area (Å²) in [5.41, 5.74) is 1.07. The highest BCUT2D eigenvalue weighted by Crippen LogP contribution is 2.33. The number of carbonyl (C=O) groups is 2. The van der Waals surface area contributed by atoms with Crippen molar-refractivity contribution >= 4 is 33.4 Å². The summed E-state index contributed by atoms with van der Waals surface area (Å²) in [4.78, 5) is 34.4. The van der Waals surface area contributed by atoms with Crippen molar-refractivity contribution in [2.24, 2.45) is 0 Å². The molecule has 6 nitrogen and oxygen atoms in total. The number of rotatable bonds is 7. The van der Waals surface area contributed by atoms with Gasteiger partial charge in [0.1, 0.15) is 0 Å². The number of fused-ring (bicyclic) bond motifs is 1. The number of hydrogen-bond donors (Lipinski definition) is 1. The first-order chi connectivity index (χ1) is 13.5. The van der Waals surface area contributed by atoms with Crippen LogP contribution in [0.2, 0.25) is 0 Å². The second-order valence-electron chi connectivity index (χ2n) is 7.55. The molecule has 0 bridgehead atoms. The van der Waals surface area contributed by atoms with Crippen LogP contribution in [0.15, 0.2) is 24.3 Å². The van der Waals surface area contributed by atoms with Gasteiger partial charge in [-0.1, -0.05) is 12.1 Å². The van der Waals surface area contributed by atoms with E-state index in [-0.39, 0.29) is 11.8 Å². The minimum Gasteiger partial charge on any atom is -0.338 e. The first kappa shape index (κ1) is 20.7. The minimum atomic E-state index is 0.116. The van der Waals surface area contributed by atoms with E-state index in [0.717, 1.165) is 49.4 Å². The van der Waals surface area contributed by atoms with Crippen LogP contribution in [0.3, 0.4) is 0 Å². The van der Waals surface area contributed by atoms with Crippen LogP contribution >= 0.6 is 11.3 Å². The third kappa shape index (κ3) is 4.89. The molecule has 1 aliphatic heterocycles. The summed E-state index contributed by atoms with van der Waals surface area (Å²) in [5, 5.41) is 1.20. The molecule has 1 aromatic carbocycles. The number of thiazole rings is 1. The predicted octanol–water partition coefficient (Wildman–Crippen LogP) is 1.39. The molecule has 1 unspecified atom stereocenters. The molecule has 0 saturated carbocycles. The van der Waals surface area contributed by atoms with Crippen molar-refractivity contribution in [2.75, 3.05) is 46.3 Å². The molecule has 28 heavy (non-hydrogen) atoms. The van der Waals surface area contributed by atoms with Gasteiger partial charge in [0.25, 0.3) is 11.8 Å². The van der Waals surface area contributed by atoms with E-state index in [1.54, 1.807) is 11.3 Å². The van der Waals surface area contributed by atoms with Crippen molar-refractivity contribution in [3.8, 4) is 0 Å². The molecule has 2 amide bonds. The number of likely N-dealkylation sites (tertiary alicyclic amines) is 1. The number of carbonyl (C=O) groups excluding carboxylic acids is 2. The summed E-state index contributed by atoms with van der Waals surface area (Å²) < 4.78 is 1.24. The second-order valence-corrected chi connectivity index (χ2v) is 8.61. The summed E-state index contributed by atoms with van der Waals surface area (Å²) >= 11 is 1.78. The molecule has 1 aromatic heterocycles. The molecule has 3 rings (SSSR count). The molecule has 1 atom stereocenters. The van der Waals surface area contributed by atoms with Gasteiger partial charge in [-0.2, -0.15) is 0 Å². The molecule has 1 fully saturated rings. The number of para-hydroxylation sites is 1. The molecular weight excluding hydrogens is 372 g/mol. The Kier molecular flexibility index (Phi) is 7.02. The molecule has 2 aromatic rings. The molecule has 0 radical (unpaired) electrons. The Morgan fingerprint density at radius 2 is 1.86 bits per heavy atom. The van der Waals surface area contributed by atoms with Crippen molar-refractivity contribution in [3.05, 3.63) is 29.3 Å². The van der Waals surface area contributed by atoms with Crippen molar-refractivity contribution in [1.29, 1.82) is 0 Å². The molecule has 0 spiro atoms. The van der Waals surface area contributed by atoms with Crippen LogP contribution < -0.4 is 4.90 Å². The van der Waals surface area contributed by atoms with Crippen LogP contribution in [0.25, 0.3) is 10.2 Å². The zero-order valence-corrected chi connectivity index (χ0v) is 17.9. The molecule has 1 saturated heterocycles. The highest BCUT2D eigenvalue weighted by atomic mass is 32.1. The molecular formula is C21H31N4O2S+. The van der Waals surface area contributed by atoms with E-state index in [2.05, 4.69) is 18.2 Å². The van der Waals surface area contributed by atoms with Gasteiger partial charge >= 0.3 is 0 Å². The zero-order valence-electron chi connectivity index (χ0n) is 17.1. The summed E-state index contributed by atoms with van der Waals surface area (Å²) in [6, 6.07) is 8.26. The number of piperidine rings is 1. The maximum Gasteiger partial charge on any atom is 0.277 e. The fraction of sp³-hybridized carbons (Fsp3) is 0.571. The van der Waals surface area contributed by atoms with Gasteiger partial charge in [0, 0.05) is 32.1 Å². The Balaban J connectivity index is 1.48. The van der Waals surface area contributed by atoms with Crippen LogP contribution in [0.5, 0.6) is 0 Å². The molecule has 1 aliphatic rings. The quantitative estimate of drug-likeness (QED) is 0.760. The van der Waals surface area contributed by atoms with Gasteiger partial charge < -0.3 is 14.7 Å². The monoisotopic (exact) mass is 403 g/mol. The number of benzene rings is 1. The lowest BCUT2D eigenvalue weighted by molar-refractivity contribution is -0.863. The molecule has 0 aliphatic carbocycles. The van der Waals surface area contributed by atoms with Crippen LogP contribution in [0.1, 0.15) is 37.6 Å². The Morgan fingerprint density at radius 1 is 1.18 bits per heavy atom. The lowest BCUT2D eigenvalue weighted by Crippen LogP contribution is -3.11. The van der Waals surface area contributed by atoms with Gasteiger partial charge in [0.15, 0.2) is 13.1 Å². The Labute approximate surface area is 171 Å². The predicted molar refractivity (Wildman–Crippen MR) is 113 cm³/mol. The van der Waals surface area contributed by atoms with E-state index in [1.165, 1.54) is 9.71 Å².